The Labute approximate surface area is 105 Å². The molecule has 1 heterocycles. The summed E-state index contributed by atoms with van der Waals surface area (Å²) in [6, 6.07) is 10.0. The molecular formula is C12H12Cl2N2. The highest BCUT2D eigenvalue weighted by Crippen LogP contribution is 2.17. The quantitative estimate of drug-likeness (QED) is 0.538. The van der Waals surface area contributed by atoms with Crippen molar-refractivity contribution in [3.63, 3.8) is 0 Å². The van der Waals surface area contributed by atoms with Gasteiger partial charge in [0.15, 0.2) is 0 Å². The first-order chi connectivity index (χ1) is 7.75. The molecule has 1 unspecified atom stereocenters. The van der Waals surface area contributed by atoms with Crippen LogP contribution < -0.4 is 0 Å². The van der Waals surface area contributed by atoms with E-state index in [-0.39, 0.29) is 10.8 Å². The van der Waals surface area contributed by atoms with E-state index in [2.05, 4.69) is 9.98 Å². The molecule has 4 heteroatoms. The third kappa shape index (κ3) is 3.06. The number of hydrogen-bond acceptors (Lipinski definition) is 2. The minimum absolute atomic E-state index is 0.242. The Morgan fingerprint density at radius 1 is 1.19 bits per heavy atom. The van der Waals surface area contributed by atoms with Crippen LogP contribution in [0.5, 0.6) is 0 Å². The van der Waals surface area contributed by atoms with Crippen molar-refractivity contribution in [1.82, 2.24) is 0 Å². The van der Waals surface area contributed by atoms with Gasteiger partial charge in [0.25, 0.3) is 0 Å². The van der Waals surface area contributed by atoms with Crippen molar-refractivity contribution in [2.45, 2.75) is 24.8 Å². The van der Waals surface area contributed by atoms with Crippen LogP contribution in [-0.4, -0.2) is 16.5 Å². The predicted octanol–water partition coefficient (Wildman–Crippen LogP) is 3.82. The van der Waals surface area contributed by atoms with Gasteiger partial charge in [0, 0.05) is 0 Å². The lowest BCUT2D eigenvalue weighted by molar-refractivity contribution is 0.727. The normalized spacial score (nSPS) is 21.8. The fourth-order valence-electron chi connectivity index (χ4n) is 1.65. The second-order valence-electron chi connectivity index (χ2n) is 3.65. The van der Waals surface area contributed by atoms with Gasteiger partial charge in [-0.15, -0.1) is 0 Å². The highest BCUT2D eigenvalue weighted by Gasteiger charge is 2.11. The number of hydrogen-bond donors (Lipinski definition) is 0. The molecule has 2 nitrogen and oxygen atoms in total. The molecule has 1 aromatic carbocycles. The summed E-state index contributed by atoms with van der Waals surface area (Å²) in [4.78, 5) is 8.38. The summed E-state index contributed by atoms with van der Waals surface area (Å²) >= 11 is 11.9. The fourth-order valence-corrected chi connectivity index (χ4v) is 2.17. The maximum Gasteiger partial charge on any atom is 0.219 e. The second kappa shape index (κ2) is 5.46. The molecule has 2 rings (SSSR count). The van der Waals surface area contributed by atoms with Crippen LogP contribution in [0, 0.1) is 0 Å². The van der Waals surface area contributed by atoms with Crippen LogP contribution in [0.2, 0.25) is 0 Å². The highest BCUT2D eigenvalue weighted by molar-refractivity contribution is 6.66. The fraction of sp³-hybridized carbons (Fsp3) is 0.333. The summed E-state index contributed by atoms with van der Waals surface area (Å²) < 4.78 is 0. The van der Waals surface area contributed by atoms with E-state index in [9.17, 15) is 0 Å². The molecule has 0 N–H and O–H groups in total. The number of aliphatic imine (C=N–C) groups is 2. The van der Waals surface area contributed by atoms with Gasteiger partial charge < -0.3 is 0 Å². The molecule has 0 aliphatic carbocycles. The molecule has 1 aliphatic rings. The van der Waals surface area contributed by atoms with Gasteiger partial charge in [0.05, 0.1) is 5.71 Å². The molecule has 1 aromatic rings. The highest BCUT2D eigenvalue weighted by atomic mass is 35.5. The van der Waals surface area contributed by atoms with E-state index in [4.69, 9.17) is 23.2 Å². The van der Waals surface area contributed by atoms with Crippen LogP contribution in [0.3, 0.4) is 0 Å². The SMILES string of the molecule is ClC1=NC(Cl)CCCC(c2ccccc2)=N1. The lowest BCUT2D eigenvalue weighted by Crippen LogP contribution is -2.09. The van der Waals surface area contributed by atoms with Gasteiger partial charge in [-0.3, -0.25) is 0 Å². The van der Waals surface area contributed by atoms with E-state index in [1.807, 2.05) is 30.3 Å². The van der Waals surface area contributed by atoms with Crippen LogP contribution >= 0.6 is 23.2 Å². The first-order valence-corrected chi connectivity index (χ1v) is 6.07. The molecule has 0 radical (unpaired) electrons. The van der Waals surface area contributed by atoms with E-state index in [1.54, 1.807) is 0 Å². The standard InChI is InChI=1S/C12H12Cl2N2/c13-11-8-4-7-10(15-12(14)16-11)9-5-2-1-3-6-9/h1-3,5-6,11H,4,7-8H2. The Hall–Kier alpha value is -0.860. The molecule has 0 saturated heterocycles. The predicted molar refractivity (Wildman–Crippen MR) is 69.8 cm³/mol. The molecule has 84 valence electrons. The summed E-state index contributed by atoms with van der Waals surface area (Å²) in [6.45, 7) is 0. The summed E-state index contributed by atoms with van der Waals surface area (Å²) in [6.07, 6.45) is 2.71. The van der Waals surface area contributed by atoms with Crippen molar-refractivity contribution >= 4 is 34.2 Å². The zero-order valence-electron chi connectivity index (χ0n) is 8.74. The summed E-state index contributed by atoms with van der Waals surface area (Å²) in [5.74, 6) is 0. The maximum atomic E-state index is 5.94. The summed E-state index contributed by atoms with van der Waals surface area (Å²) in [5.41, 5.74) is 1.84. The molecule has 0 spiro atoms. The Morgan fingerprint density at radius 2 is 1.94 bits per heavy atom. The Balaban J connectivity index is 2.30. The lowest BCUT2D eigenvalue weighted by Gasteiger charge is -2.11. The van der Waals surface area contributed by atoms with Gasteiger partial charge >= 0.3 is 0 Å². The topological polar surface area (TPSA) is 24.7 Å². The van der Waals surface area contributed by atoms with Crippen LogP contribution in [0.4, 0.5) is 0 Å². The third-order valence-corrected chi connectivity index (χ3v) is 2.93. The molecule has 0 saturated carbocycles. The van der Waals surface area contributed by atoms with Crippen LogP contribution in [0.1, 0.15) is 24.8 Å². The lowest BCUT2D eigenvalue weighted by atomic mass is 10.0. The Morgan fingerprint density at radius 3 is 2.69 bits per heavy atom. The number of alkyl halides is 1. The molecule has 0 aromatic heterocycles. The Bertz CT molecular complexity index is 412. The van der Waals surface area contributed by atoms with E-state index < -0.39 is 0 Å². The van der Waals surface area contributed by atoms with Crippen molar-refractivity contribution < 1.29 is 0 Å². The van der Waals surface area contributed by atoms with Gasteiger partial charge in [-0.05, 0) is 36.4 Å². The van der Waals surface area contributed by atoms with Gasteiger partial charge in [0.2, 0.25) is 5.29 Å². The molecule has 0 amide bonds. The smallest absolute Gasteiger partial charge is 0.219 e. The van der Waals surface area contributed by atoms with Gasteiger partial charge in [-0.25, -0.2) is 9.98 Å². The molecule has 16 heavy (non-hydrogen) atoms. The van der Waals surface area contributed by atoms with Gasteiger partial charge in [-0.2, -0.15) is 0 Å². The minimum atomic E-state index is -0.242. The van der Waals surface area contributed by atoms with Crippen LogP contribution in [0.15, 0.2) is 40.3 Å². The molecule has 0 fully saturated rings. The zero-order chi connectivity index (χ0) is 11.4. The first-order valence-electron chi connectivity index (χ1n) is 5.26. The van der Waals surface area contributed by atoms with Gasteiger partial charge in [-0.1, -0.05) is 41.9 Å². The van der Waals surface area contributed by atoms with E-state index in [1.165, 1.54) is 0 Å². The molecule has 1 atom stereocenters. The maximum absolute atomic E-state index is 5.94. The Kier molecular flexibility index (Phi) is 3.97. The van der Waals surface area contributed by atoms with Crippen LogP contribution in [0.25, 0.3) is 0 Å². The van der Waals surface area contributed by atoms with Crippen molar-refractivity contribution in [2.75, 3.05) is 0 Å². The van der Waals surface area contributed by atoms with Crippen molar-refractivity contribution in [2.24, 2.45) is 9.98 Å². The zero-order valence-corrected chi connectivity index (χ0v) is 10.2. The van der Waals surface area contributed by atoms with Crippen molar-refractivity contribution in [3.05, 3.63) is 35.9 Å². The molecular weight excluding hydrogens is 243 g/mol. The van der Waals surface area contributed by atoms with E-state index in [0.29, 0.717) is 0 Å². The second-order valence-corrected chi connectivity index (χ2v) is 4.49. The largest absolute Gasteiger partial charge is 0.236 e. The molecule has 1 aliphatic heterocycles. The number of rotatable bonds is 1. The number of amidine groups is 1. The van der Waals surface area contributed by atoms with Gasteiger partial charge in [0.1, 0.15) is 5.50 Å². The average molecular weight is 255 g/mol. The number of nitrogens with zero attached hydrogens (tertiary/aromatic N) is 2. The number of benzene rings is 1. The van der Waals surface area contributed by atoms with E-state index >= 15 is 0 Å². The minimum Gasteiger partial charge on any atom is -0.236 e. The van der Waals surface area contributed by atoms with Crippen molar-refractivity contribution in [1.29, 1.82) is 0 Å². The molecule has 0 bridgehead atoms. The average Bonchev–Trinajstić information content (AvgIpc) is 2.26. The summed E-state index contributed by atoms with van der Waals surface area (Å²) in [5, 5.41) is 0.249. The third-order valence-electron chi connectivity index (χ3n) is 2.44. The van der Waals surface area contributed by atoms with E-state index in [0.717, 1.165) is 30.5 Å². The number of halogens is 2. The first kappa shape index (κ1) is 11.6. The van der Waals surface area contributed by atoms with Crippen molar-refractivity contribution in [3.8, 4) is 0 Å². The van der Waals surface area contributed by atoms with Crippen LogP contribution in [-0.2, 0) is 0 Å². The monoisotopic (exact) mass is 254 g/mol. The summed E-state index contributed by atoms with van der Waals surface area (Å²) in [7, 11) is 0.